The fraction of sp³-hybridized carbons (Fsp3) is 0.375. The molecule has 33 heavy (non-hydrogen) atoms. The fourth-order valence-corrected chi connectivity index (χ4v) is 5.49. The average molecular weight is 454 g/mol. The third kappa shape index (κ3) is 2.75. The number of aromatic hydroxyl groups is 2. The Morgan fingerprint density at radius 3 is 2.42 bits per heavy atom. The normalized spacial score (nSPS) is 23.3. The van der Waals surface area contributed by atoms with Crippen LogP contribution in [0.4, 0.5) is 0 Å². The van der Waals surface area contributed by atoms with Gasteiger partial charge < -0.3 is 34.4 Å². The third-order valence-electron chi connectivity index (χ3n) is 6.99. The zero-order chi connectivity index (χ0) is 23.6. The van der Waals surface area contributed by atoms with E-state index in [1.807, 2.05) is 18.0 Å². The molecule has 1 fully saturated rings. The minimum atomic E-state index is -0.795. The molecule has 3 atom stereocenters. The SMILES string of the molecule is COc1ccc2c(c1O)C1C3=Cc4c(O)cc(OC)c(OC)c4C(CO)N3C(=O)C(C2)N1C. The van der Waals surface area contributed by atoms with Gasteiger partial charge in [0.15, 0.2) is 23.0 Å². The molecule has 3 aliphatic heterocycles. The Kier molecular flexibility index (Phi) is 4.91. The number of nitrogens with zero attached hydrogens (tertiary/aromatic N) is 2. The minimum Gasteiger partial charge on any atom is -0.507 e. The molecule has 2 aromatic carbocycles. The summed E-state index contributed by atoms with van der Waals surface area (Å²) in [4.78, 5) is 17.2. The third-order valence-corrected chi connectivity index (χ3v) is 6.99. The highest BCUT2D eigenvalue weighted by Crippen LogP contribution is 2.55. The number of aliphatic hydroxyl groups is 1. The van der Waals surface area contributed by atoms with Crippen molar-refractivity contribution < 1.29 is 34.3 Å². The van der Waals surface area contributed by atoms with Crippen molar-refractivity contribution in [2.45, 2.75) is 24.5 Å². The predicted octanol–water partition coefficient (Wildman–Crippen LogP) is 1.95. The van der Waals surface area contributed by atoms with Gasteiger partial charge in [-0.15, -0.1) is 0 Å². The predicted molar refractivity (Wildman–Crippen MR) is 119 cm³/mol. The van der Waals surface area contributed by atoms with Gasteiger partial charge in [-0.25, -0.2) is 0 Å². The van der Waals surface area contributed by atoms with Crippen molar-refractivity contribution in [2.24, 2.45) is 0 Å². The van der Waals surface area contributed by atoms with Gasteiger partial charge in [-0.3, -0.25) is 9.69 Å². The van der Waals surface area contributed by atoms with Crippen molar-refractivity contribution in [3.63, 3.8) is 0 Å². The number of rotatable bonds is 4. The lowest BCUT2D eigenvalue weighted by atomic mass is 9.78. The maximum absolute atomic E-state index is 13.7. The number of fused-ring (bicyclic) bond motifs is 7. The monoisotopic (exact) mass is 454 g/mol. The summed E-state index contributed by atoms with van der Waals surface area (Å²) in [6.07, 6.45) is 2.14. The molecule has 3 unspecified atom stereocenters. The number of methoxy groups -OCH3 is 3. The first kappa shape index (κ1) is 21.4. The lowest BCUT2D eigenvalue weighted by Crippen LogP contribution is -2.60. The number of ether oxygens (including phenoxy) is 3. The summed E-state index contributed by atoms with van der Waals surface area (Å²) >= 11 is 0. The number of hydrogen-bond acceptors (Lipinski definition) is 8. The van der Waals surface area contributed by atoms with Crippen LogP contribution in [-0.2, 0) is 11.2 Å². The molecule has 3 aliphatic rings. The van der Waals surface area contributed by atoms with Gasteiger partial charge >= 0.3 is 0 Å². The molecule has 0 aromatic heterocycles. The van der Waals surface area contributed by atoms with Crippen LogP contribution >= 0.6 is 0 Å². The second kappa shape index (κ2) is 7.57. The molecule has 3 heterocycles. The van der Waals surface area contributed by atoms with E-state index in [2.05, 4.69) is 0 Å². The number of hydrogen-bond donors (Lipinski definition) is 3. The molecule has 2 bridgehead atoms. The molecule has 0 saturated carbocycles. The van der Waals surface area contributed by atoms with E-state index in [0.717, 1.165) is 5.56 Å². The Morgan fingerprint density at radius 2 is 1.79 bits per heavy atom. The first-order chi connectivity index (χ1) is 15.9. The van der Waals surface area contributed by atoms with Crippen molar-refractivity contribution >= 4 is 12.0 Å². The second-order valence-corrected chi connectivity index (χ2v) is 8.41. The summed E-state index contributed by atoms with van der Waals surface area (Å²) in [5.74, 6) is 0.781. The Morgan fingerprint density at radius 1 is 1.06 bits per heavy atom. The Hall–Kier alpha value is -3.43. The number of aliphatic hydroxyl groups excluding tert-OH is 1. The van der Waals surface area contributed by atoms with Gasteiger partial charge in [-0.05, 0) is 31.2 Å². The van der Waals surface area contributed by atoms with Gasteiger partial charge in [0.25, 0.3) is 0 Å². The van der Waals surface area contributed by atoms with Crippen LogP contribution in [0.5, 0.6) is 28.7 Å². The van der Waals surface area contributed by atoms with Gasteiger partial charge in [0, 0.05) is 28.5 Å². The zero-order valence-electron chi connectivity index (χ0n) is 18.8. The largest absolute Gasteiger partial charge is 0.507 e. The van der Waals surface area contributed by atoms with Crippen LogP contribution in [-0.4, -0.2) is 72.1 Å². The molecule has 0 radical (unpaired) electrons. The van der Waals surface area contributed by atoms with Crippen LogP contribution in [0.25, 0.3) is 6.08 Å². The van der Waals surface area contributed by atoms with Gasteiger partial charge in [0.2, 0.25) is 5.91 Å². The van der Waals surface area contributed by atoms with Gasteiger partial charge in [0.05, 0.1) is 46.1 Å². The molecule has 174 valence electrons. The lowest BCUT2D eigenvalue weighted by Gasteiger charge is -2.53. The van der Waals surface area contributed by atoms with E-state index < -0.39 is 18.1 Å². The van der Waals surface area contributed by atoms with E-state index in [1.54, 1.807) is 17.0 Å². The number of carbonyl (C=O) groups is 1. The molecule has 9 nitrogen and oxygen atoms in total. The highest BCUT2D eigenvalue weighted by Gasteiger charge is 2.52. The van der Waals surface area contributed by atoms with Crippen molar-refractivity contribution in [1.29, 1.82) is 0 Å². The standard InChI is InChI=1S/C24H26N2O7/c1-25-14-7-11-5-6-17(31-2)22(29)19(11)21(25)13-8-12-16(28)9-18(32-3)23(33-4)20(12)15(10-27)26(13)24(14)30/h5-6,8-9,14-15,21,27-29H,7,10H2,1-4H3. The molecule has 5 rings (SSSR count). The molecule has 1 amide bonds. The highest BCUT2D eigenvalue weighted by molar-refractivity contribution is 5.91. The van der Waals surface area contributed by atoms with Crippen molar-refractivity contribution in [1.82, 2.24) is 9.80 Å². The topological polar surface area (TPSA) is 112 Å². The number of piperazine rings is 1. The quantitative estimate of drug-likeness (QED) is 0.643. The van der Waals surface area contributed by atoms with Crippen LogP contribution < -0.4 is 14.2 Å². The molecule has 1 saturated heterocycles. The van der Waals surface area contributed by atoms with Gasteiger partial charge in [-0.1, -0.05) is 6.07 Å². The fourth-order valence-electron chi connectivity index (χ4n) is 5.49. The zero-order valence-corrected chi connectivity index (χ0v) is 18.8. The van der Waals surface area contributed by atoms with E-state index in [-0.39, 0.29) is 24.0 Å². The van der Waals surface area contributed by atoms with E-state index in [9.17, 15) is 20.1 Å². The smallest absolute Gasteiger partial charge is 0.245 e. The summed E-state index contributed by atoms with van der Waals surface area (Å²) in [5, 5.41) is 32.3. The summed E-state index contributed by atoms with van der Waals surface area (Å²) in [5.41, 5.74) is 2.98. The highest BCUT2D eigenvalue weighted by atomic mass is 16.5. The maximum atomic E-state index is 13.7. The Bertz CT molecular complexity index is 1190. The summed E-state index contributed by atoms with van der Waals surface area (Å²) < 4.78 is 16.3. The first-order valence-electron chi connectivity index (χ1n) is 10.6. The molecule has 0 aliphatic carbocycles. The Balaban J connectivity index is 1.82. The van der Waals surface area contributed by atoms with Crippen molar-refractivity contribution in [3.8, 4) is 28.7 Å². The lowest BCUT2D eigenvalue weighted by molar-refractivity contribution is -0.144. The van der Waals surface area contributed by atoms with Crippen molar-refractivity contribution in [2.75, 3.05) is 35.0 Å². The van der Waals surface area contributed by atoms with Crippen LogP contribution in [0, 0.1) is 0 Å². The van der Waals surface area contributed by atoms with Gasteiger partial charge in [0.1, 0.15) is 5.75 Å². The molecular weight excluding hydrogens is 428 g/mol. The van der Waals surface area contributed by atoms with E-state index >= 15 is 0 Å². The molecule has 3 N–H and O–H groups in total. The van der Waals surface area contributed by atoms with Crippen LogP contribution in [0.1, 0.15) is 34.3 Å². The maximum Gasteiger partial charge on any atom is 0.245 e. The second-order valence-electron chi connectivity index (χ2n) is 8.41. The van der Waals surface area contributed by atoms with Crippen LogP contribution in [0.3, 0.4) is 0 Å². The number of amides is 1. The average Bonchev–Trinajstić information content (AvgIpc) is 2.81. The summed E-state index contributed by atoms with van der Waals surface area (Å²) in [6, 6.07) is 3.26. The molecule has 0 spiro atoms. The van der Waals surface area contributed by atoms with Crippen molar-refractivity contribution in [3.05, 3.63) is 46.1 Å². The number of phenolic OH excluding ortho intramolecular Hbond substituents is 2. The molecule has 2 aromatic rings. The first-order valence-corrected chi connectivity index (χ1v) is 10.6. The summed E-state index contributed by atoms with van der Waals surface area (Å²) in [6.45, 7) is -0.390. The number of benzene rings is 2. The number of likely N-dealkylation sites (N-methyl/N-ethyl adjacent to an activating group) is 1. The van der Waals surface area contributed by atoms with E-state index in [0.29, 0.717) is 46.1 Å². The van der Waals surface area contributed by atoms with E-state index in [1.165, 1.54) is 27.4 Å². The van der Waals surface area contributed by atoms with Crippen LogP contribution in [0.15, 0.2) is 23.9 Å². The van der Waals surface area contributed by atoms with Gasteiger partial charge in [-0.2, -0.15) is 0 Å². The van der Waals surface area contributed by atoms with Crippen LogP contribution in [0.2, 0.25) is 0 Å². The molecular formula is C24H26N2O7. The number of carbonyl (C=O) groups excluding carboxylic acids is 1. The van der Waals surface area contributed by atoms with E-state index in [4.69, 9.17) is 14.2 Å². The number of phenols is 2. The minimum absolute atomic E-state index is 0.0170. The molecule has 9 heteroatoms. The Labute approximate surface area is 191 Å². The summed E-state index contributed by atoms with van der Waals surface area (Å²) in [7, 11) is 6.26.